The van der Waals surface area contributed by atoms with Crippen molar-refractivity contribution in [2.24, 2.45) is 0 Å². The highest BCUT2D eigenvalue weighted by atomic mass is 16.7. The van der Waals surface area contributed by atoms with E-state index in [0.29, 0.717) is 34.9 Å². The third-order valence-corrected chi connectivity index (χ3v) is 6.98. The molecule has 0 spiro atoms. The number of methoxy groups -OCH3 is 1. The molecule has 0 saturated heterocycles. The van der Waals surface area contributed by atoms with E-state index >= 15 is 0 Å². The topological polar surface area (TPSA) is 89.6 Å². The van der Waals surface area contributed by atoms with Crippen LogP contribution in [0.25, 0.3) is 22.0 Å². The van der Waals surface area contributed by atoms with E-state index in [0.717, 1.165) is 33.7 Å². The maximum Gasteiger partial charge on any atom is 0.231 e. The molecule has 0 amide bonds. The predicted octanol–water partition coefficient (Wildman–Crippen LogP) is 4.83. The van der Waals surface area contributed by atoms with Crippen LogP contribution in [-0.4, -0.2) is 28.9 Å². The molecule has 0 bridgehead atoms. The number of H-pyrrole nitrogens is 1. The summed E-state index contributed by atoms with van der Waals surface area (Å²) in [4.78, 5) is 28.5. The summed E-state index contributed by atoms with van der Waals surface area (Å²) in [6.07, 6.45) is 3.62. The Morgan fingerprint density at radius 3 is 2.54 bits per heavy atom. The van der Waals surface area contributed by atoms with Gasteiger partial charge in [-0.25, -0.2) is 9.97 Å². The standard InChI is InChI=1S/C29H22N4O4/c1-35-20-9-6-17(7-10-20)19-13-30-29(31-14-19)33-15-22-26(32-23-5-3-2-4-21(23)28(22)34)27(33)18-8-11-24-25(12-18)37-16-36-24/h2-14,27H,15-16H2,1H3,(H,32,34)/t27-/m1/s1. The molecule has 0 radical (unpaired) electrons. The van der Waals surface area contributed by atoms with Crippen LogP contribution in [0.2, 0.25) is 0 Å². The largest absolute Gasteiger partial charge is 0.497 e. The fourth-order valence-corrected chi connectivity index (χ4v) is 5.12. The van der Waals surface area contributed by atoms with E-state index in [9.17, 15) is 4.79 Å². The zero-order valence-electron chi connectivity index (χ0n) is 20.0. The van der Waals surface area contributed by atoms with Crippen LogP contribution in [0.4, 0.5) is 5.95 Å². The Bertz CT molecular complexity index is 1700. The summed E-state index contributed by atoms with van der Waals surface area (Å²) >= 11 is 0. The molecule has 7 rings (SSSR count). The summed E-state index contributed by atoms with van der Waals surface area (Å²) in [5.74, 6) is 2.72. The minimum atomic E-state index is -0.298. The molecule has 1 N–H and O–H groups in total. The van der Waals surface area contributed by atoms with Crippen LogP contribution in [0.5, 0.6) is 17.2 Å². The number of nitrogens with zero attached hydrogens (tertiary/aromatic N) is 3. The Hall–Kier alpha value is -4.85. The summed E-state index contributed by atoms with van der Waals surface area (Å²) < 4.78 is 16.4. The number of hydrogen-bond donors (Lipinski definition) is 1. The Labute approximate surface area is 212 Å². The molecule has 0 saturated carbocycles. The number of fused-ring (bicyclic) bond motifs is 3. The van der Waals surface area contributed by atoms with E-state index < -0.39 is 0 Å². The summed E-state index contributed by atoms with van der Waals surface area (Å²) in [6.45, 7) is 0.581. The van der Waals surface area contributed by atoms with Crippen LogP contribution in [0.1, 0.15) is 22.9 Å². The molecule has 2 aliphatic heterocycles. The van der Waals surface area contributed by atoms with Gasteiger partial charge in [0.15, 0.2) is 16.9 Å². The first-order valence-corrected chi connectivity index (χ1v) is 12.0. The van der Waals surface area contributed by atoms with Gasteiger partial charge in [0.05, 0.1) is 25.4 Å². The van der Waals surface area contributed by atoms with Crippen molar-refractivity contribution in [3.05, 3.63) is 106 Å². The molecule has 0 aliphatic carbocycles. The lowest BCUT2D eigenvalue weighted by Gasteiger charge is -2.25. The number of pyridine rings is 1. The van der Waals surface area contributed by atoms with Crippen molar-refractivity contribution in [2.75, 3.05) is 18.8 Å². The Morgan fingerprint density at radius 2 is 1.73 bits per heavy atom. The van der Waals surface area contributed by atoms with E-state index in [2.05, 4.69) is 9.88 Å². The zero-order valence-corrected chi connectivity index (χ0v) is 20.0. The maximum atomic E-state index is 13.5. The first-order chi connectivity index (χ1) is 18.2. The molecule has 8 heteroatoms. The minimum Gasteiger partial charge on any atom is -0.497 e. The van der Waals surface area contributed by atoms with Gasteiger partial charge >= 0.3 is 0 Å². The first-order valence-electron chi connectivity index (χ1n) is 12.0. The smallest absolute Gasteiger partial charge is 0.231 e. The zero-order chi connectivity index (χ0) is 24.9. The van der Waals surface area contributed by atoms with Crippen molar-refractivity contribution in [1.29, 1.82) is 0 Å². The molecule has 0 unspecified atom stereocenters. The fraction of sp³-hybridized carbons (Fsp3) is 0.138. The summed E-state index contributed by atoms with van der Waals surface area (Å²) in [6, 6.07) is 20.9. The number of hydrogen-bond acceptors (Lipinski definition) is 7. The second kappa shape index (κ2) is 8.37. The molecule has 1 atom stereocenters. The van der Waals surface area contributed by atoms with Crippen molar-refractivity contribution < 1.29 is 14.2 Å². The molecule has 4 heterocycles. The van der Waals surface area contributed by atoms with Crippen molar-refractivity contribution in [2.45, 2.75) is 12.6 Å². The first kappa shape index (κ1) is 21.4. The quantitative estimate of drug-likeness (QED) is 0.386. The van der Waals surface area contributed by atoms with Crippen molar-refractivity contribution in [3.63, 3.8) is 0 Å². The molecule has 8 nitrogen and oxygen atoms in total. The lowest BCUT2D eigenvalue weighted by Crippen LogP contribution is -2.25. The number of nitrogens with one attached hydrogen (secondary N) is 1. The molecule has 182 valence electrons. The maximum absolute atomic E-state index is 13.5. The van der Waals surface area contributed by atoms with Crippen LogP contribution < -0.4 is 24.5 Å². The number of anilines is 1. The van der Waals surface area contributed by atoms with E-state index in [4.69, 9.17) is 24.2 Å². The second-order valence-electron chi connectivity index (χ2n) is 9.04. The van der Waals surface area contributed by atoms with Crippen LogP contribution in [0, 0.1) is 0 Å². The summed E-state index contributed by atoms with van der Waals surface area (Å²) in [5, 5.41) is 0.670. The van der Waals surface area contributed by atoms with Crippen molar-refractivity contribution in [3.8, 4) is 28.4 Å². The highest BCUT2D eigenvalue weighted by molar-refractivity contribution is 5.80. The molecule has 3 aromatic carbocycles. The van der Waals surface area contributed by atoms with Gasteiger partial charge in [-0.05, 0) is 47.5 Å². The third kappa shape index (κ3) is 3.48. The lowest BCUT2D eigenvalue weighted by atomic mass is 10.0. The van der Waals surface area contributed by atoms with Gasteiger partial charge in [0.25, 0.3) is 0 Å². The van der Waals surface area contributed by atoms with E-state index in [1.54, 1.807) is 7.11 Å². The fourth-order valence-electron chi connectivity index (χ4n) is 5.12. The van der Waals surface area contributed by atoms with Gasteiger partial charge in [-0.15, -0.1) is 0 Å². The van der Waals surface area contributed by atoms with Crippen LogP contribution in [0.3, 0.4) is 0 Å². The lowest BCUT2D eigenvalue weighted by molar-refractivity contribution is 0.174. The van der Waals surface area contributed by atoms with Gasteiger partial charge in [0, 0.05) is 34.4 Å². The average Bonchev–Trinajstić information content (AvgIpc) is 3.58. The van der Waals surface area contributed by atoms with Gasteiger partial charge in [-0.1, -0.05) is 30.3 Å². The molecular formula is C29H22N4O4. The number of aromatic amines is 1. The highest BCUT2D eigenvalue weighted by Gasteiger charge is 2.37. The Kier molecular flexibility index (Phi) is 4.85. The molecule has 0 fully saturated rings. The molecular weight excluding hydrogens is 468 g/mol. The Morgan fingerprint density at radius 1 is 0.946 bits per heavy atom. The van der Waals surface area contributed by atoms with Crippen LogP contribution >= 0.6 is 0 Å². The monoisotopic (exact) mass is 490 g/mol. The normalized spacial score (nSPS) is 15.7. The highest BCUT2D eigenvalue weighted by Crippen LogP contribution is 2.42. The third-order valence-electron chi connectivity index (χ3n) is 6.98. The Balaban J connectivity index is 1.33. The van der Waals surface area contributed by atoms with Gasteiger partial charge in [0.2, 0.25) is 12.7 Å². The van der Waals surface area contributed by atoms with Gasteiger partial charge in [-0.3, -0.25) is 4.79 Å². The number of rotatable bonds is 4. The number of benzene rings is 3. The molecule has 37 heavy (non-hydrogen) atoms. The summed E-state index contributed by atoms with van der Waals surface area (Å²) in [7, 11) is 1.64. The van der Waals surface area contributed by atoms with Gasteiger partial charge < -0.3 is 24.1 Å². The SMILES string of the molecule is COc1ccc(-c2cnc(N3Cc4c([nH]c5ccccc5c4=O)[C@H]3c3ccc4c(c3)OCO4)nc2)cc1. The van der Waals surface area contributed by atoms with Crippen LogP contribution in [-0.2, 0) is 6.54 Å². The van der Waals surface area contributed by atoms with Crippen molar-refractivity contribution in [1.82, 2.24) is 15.0 Å². The molecule has 2 aliphatic rings. The molecule has 2 aromatic heterocycles. The van der Waals surface area contributed by atoms with E-state index in [1.807, 2.05) is 79.1 Å². The molecule has 5 aromatic rings. The number of aromatic nitrogens is 3. The average molecular weight is 491 g/mol. The number of para-hydroxylation sites is 1. The second-order valence-corrected chi connectivity index (χ2v) is 9.04. The van der Waals surface area contributed by atoms with Gasteiger partial charge in [0.1, 0.15) is 5.75 Å². The van der Waals surface area contributed by atoms with Gasteiger partial charge in [-0.2, -0.15) is 0 Å². The van der Waals surface area contributed by atoms with E-state index in [-0.39, 0.29) is 18.3 Å². The number of ether oxygens (including phenoxy) is 3. The van der Waals surface area contributed by atoms with E-state index in [1.165, 1.54) is 0 Å². The van der Waals surface area contributed by atoms with Crippen molar-refractivity contribution >= 4 is 16.9 Å². The predicted molar refractivity (Wildman–Crippen MR) is 139 cm³/mol. The summed E-state index contributed by atoms with van der Waals surface area (Å²) in [5.41, 5.74) is 5.21. The van der Waals surface area contributed by atoms with Crippen LogP contribution in [0.15, 0.2) is 83.9 Å². The minimum absolute atomic E-state index is 0.0208.